The van der Waals surface area contributed by atoms with Gasteiger partial charge in [-0.25, -0.2) is 0 Å². The van der Waals surface area contributed by atoms with Crippen molar-refractivity contribution in [1.29, 1.82) is 0 Å². The van der Waals surface area contributed by atoms with Gasteiger partial charge in [0.1, 0.15) is 0 Å². The van der Waals surface area contributed by atoms with E-state index in [4.69, 9.17) is 0 Å². The van der Waals surface area contributed by atoms with Crippen LogP contribution in [0.1, 0.15) is 48.3 Å². The van der Waals surface area contributed by atoms with Crippen LogP contribution in [-0.4, -0.2) is 30.8 Å². The average molecular weight is 458 g/mol. The van der Waals surface area contributed by atoms with Crippen LogP contribution in [0.3, 0.4) is 0 Å². The summed E-state index contributed by atoms with van der Waals surface area (Å²) in [5.41, 5.74) is 2.27. The van der Waals surface area contributed by atoms with Crippen molar-refractivity contribution in [3.8, 4) is 0 Å². The minimum absolute atomic E-state index is 0.0561. The van der Waals surface area contributed by atoms with Crippen LogP contribution in [0.4, 0.5) is 26.3 Å². The molecule has 2 aromatic carbocycles. The van der Waals surface area contributed by atoms with Crippen LogP contribution in [0.5, 0.6) is 0 Å². The van der Waals surface area contributed by atoms with Crippen LogP contribution >= 0.6 is 0 Å². The Labute approximate surface area is 185 Å². The van der Waals surface area contributed by atoms with Gasteiger partial charge in [-0.05, 0) is 56.0 Å². The van der Waals surface area contributed by atoms with Crippen LogP contribution in [0.2, 0.25) is 0 Å². The summed E-state index contributed by atoms with van der Waals surface area (Å²) in [6.45, 7) is 1.66. The highest BCUT2D eigenvalue weighted by Gasteiger charge is 2.56. The van der Waals surface area contributed by atoms with E-state index in [1.54, 1.807) is 12.1 Å². The quantitative estimate of drug-likeness (QED) is 0.392. The molecule has 0 radical (unpaired) electrons. The van der Waals surface area contributed by atoms with Gasteiger partial charge in [0.25, 0.3) is 0 Å². The van der Waals surface area contributed by atoms with Gasteiger partial charge in [-0.2, -0.15) is 26.3 Å². The number of aryl methyl sites for hydroxylation is 1. The SMILES string of the molecule is CN(CCCc1ccc(C2C(C(F)(F)F)CCCC2C(F)(F)F)cc1)Cc1ccccc1. The minimum Gasteiger partial charge on any atom is -0.302 e. The molecular formula is C25H29F6N. The second kappa shape index (κ2) is 10.3. The van der Waals surface area contributed by atoms with Gasteiger partial charge in [-0.3, -0.25) is 0 Å². The van der Waals surface area contributed by atoms with Crippen molar-refractivity contribution >= 4 is 0 Å². The molecule has 0 aromatic heterocycles. The Hall–Kier alpha value is -2.02. The van der Waals surface area contributed by atoms with Crippen molar-refractivity contribution in [2.45, 2.75) is 56.9 Å². The second-order valence-corrected chi connectivity index (χ2v) is 8.82. The Morgan fingerprint density at radius 2 is 1.34 bits per heavy atom. The predicted octanol–water partition coefficient (Wildman–Crippen LogP) is 7.38. The molecule has 0 heterocycles. The van der Waals surface area contributed by atoms with E-state index in [-0.39, 0.29) is 24.8 Å². The molecule has 32 heavy (non-hydrogen) atoms. The first-order valence-corrected chi connectivity index (χ1v) is 11.0. The first-order valence-electron chi connectivity index (χ1n) is 11.0. The molecule has 0 aliphatic heterocycles. The summed E-state index contributed by atoms with van der Waals surface area (Å²) in [5.74, 6) is -5.49. The van der Waals surface area contributed by atoms with Crippen molar-refractivity contribution in [3.63, 3.8) is 0 Å². The third-order valence-corrected chi connectivity index (χ3v) is 6.40. The predicted molar refractivity (Wildman–Crippen MR) is 113 cm³/mol. The largest absolute Gasteiger partial charge is 0.392 e. The van der Waals surface area contributed by atoms with Crippen molar-refractivity contribution in [1.82, 2.24) is 4.90 Å². The highest BCUT2D eigenvalue weighted by molar-refractivity contribution is 5.28. The second-order valence-electron chi connectivity index (χ2n) is 8.82. The molecule has 0 bridgehead atoms. The molecule has 1 saturated carbocycles. The highest BCUT2D eigenvalue weighted by Crippen LogP contribution is 2.53. The number of rotatable bonds is 7. The number of nitrogens with zero attached hydrogens (tertiary/aromatic N) is 1. The van der Waals surface area contributed by atoms with Crippen LogP contribution in [0, 0.1) is 11.8 Å². The zero-order valence-electron chi connectivity index (χ0n) is 18.1. The number of hydrogen-bond donors (Lipinski definition) is 0. The Morgan fingerprint density at radius 3 is 1.88 bits per heavy atom. The Morgan fingerprint density at radius 1 is 0.781 bits per heavy atom. The zero-order chi connectivity index (χ0) is 23.4. The van der Waals surface area contributed by atoms with Gasteiger partial charge in [-0.15, -0.1) is 0 Å². The summed E-state index contributed by atoms with van der Waals surface area (Å²) in [7, 11) is 2.02. The molecule has 0 saturated heterocycles. The molecule has 1 nitrogen and oxygen atoms in total. The lowest BCUT2D eigenvalue weighted by atomic mass is 9.68. The smallest absolute Gasteiger partial charge is 0.302 e. The molecule has 1 fully saturated rings. The lowest BCUT2D eigenvalue weighted by Gasteiger charge is -2.40. The van der Waals surface area contributed by atoms with Crippen LogP contribution in [-0.2, 0) is 13.0 Å². The highest BCUT2D eigenvalue weighted by atomic mass is 19.4. The van der Waals surface area contributed by atoms with E-state index < -0.39 is 30.1 Å². The van der Waals surface area contributed by atoms with Crippen LogP contribution in [0.15, 0.2) is 54.6 Å². The van der Waals surface area contributed by atoms with Gasteiger partial charge in [0.05, 0.1) is 11.8 Å². The van der Waals surface area contributed by atoms with Crippen molar-refractivity contribution in [2.24, 2.45) is 11.8 Å². The number of hydrogen-bond acceptors (Lipinski definition) is 1. The molecule has 2 aromatic rings. The van der Waals surface area contributed by atoms with Crippen LogP contribution < -0.4 is 0 Å². The van der Waals surface area contributed by atoms with Crippen molar-refractivity contribution < 1.29 is 26.3 Å². The van der Waals surface area contributed by atoms with Gasteiger partial charge in [0.15, 0.2) is 0 Å². The molecule has 176 valence electrons. The zero-order valence-corrected chi connectivity index (χ0v) is 18.1. The van der Waals surface area contributed by atoms with Gasteiger partial charge in [-0.1, -0.05) is 61.0 Å². The molecule has 2 atom stereocenters. The van der Waals surface area contributed by atoms with E-state index in [1.807, 2.05) is 25.2 Å². The summed E-state index contributed by atoms with van der Waals surface area (Å²) < 4.78 is 81.3. The third kappa shape index (κ3) is 6.50. The van der Waals surface area contributed by atoms with Gasteiger partial charge < -0.3 is 4.90 Å². The number of halogens is 6. The molecule has 2 unspecified atom stereocenters. The molecule has 1 aliphatic carbocycles. The maximum Gasteiger partial charge on any atom is 0.392 e. The fraction of sp³-hybridized carbons (Fsp3) is 0.520. The summed E-state index contributed by atoms with van der Waals surface area (Å²) in [6, 6.07) is 16.4. The maximum atomic E-state index is 13.5. The standard InChI is InChI=1S/C25H29F6N/c1-32(17-19-7-3-2-4-8-19)16-6-9-18-12-14-20(15-13-18)23-21(24(26,27)28)10-5-11-22(23)25(29,30)31/h2-4,7-8,12-15,21-23H,5-6,9-11,16-17H2,1H3. The Balaban J connectivity index is 1.63. The normalized spacial score (nSPS) is 22.3. The Kier molecular flexibility index (Phi) is 7.91. The monoisotopic (exact) mass is 457 g/mol. The summed E-state index contributed by atoms with van der Waals surface area (Å²) in [6.07, 6.45) is -8.28. The van der Waals surface area contributed by atoms with Gasteiger partial charge in [0, 0.05) is 12.5 Å². The van der Waals surface area contributed by atoms with E-state index in [2.05, 4.69) is 17.0 Å². The lowest BCUT2D eigenvalue weighted by Crippen LogP contribution is -2.42. The lowest BCUT2D eigenvalue weighted by molar-refractivity contribution is -0.231. The van der Waals surface area contributed by atoms with E-state index in [9.17, 15) is 26.3 Å². The van der Waals surface area contributed by atoms with Crippen molar-refractivity contribution in [2.75, 3.05) is 13.6 Å². The maximum absolute atomic E-state index is 13.5. The fourth-order valence-corrected chi connectivity index (χ4v) is 4.83. The summed E-state index contributed by atoms with van der Waals surface area (Å²) in [5, 5.41) is 0. The first kappa shape index (κ1) is 24.6. The van der Waals surface area contributed by atoms with E-state index in [0.717, 1.165) is 31.5 Å². The van der Waals surface area contributed by atoms with Gasteiger partial charge >= 0.3 is 12.4 Å². The van der Waals surface area contributed by atoms with E-state index in [0.29, 0.717) is 0 Å². The molecule has 3 rings (SSSR count). The average Bonchev–Trinajstić information content (AvgIpc) is 2.73. The molecule has 0 spiro atoms. The Bertz CT molecular complexity index is 806. The number of benzene rings is 2. The summed E-state index contributed by atoms with van der Waals surface area (Å²) >= 11 is 0. The fourth-order valence-electron chi connectivity index (χ4n) is 4.83. The topological polar surface area (TPSA) is 3.24 Å². The minimum atomic E-state index is -4.64. The van der Waals surface area contributed by atoms with Gasteiger partial charge in [0.2, 0.25) is 0 Å². The summed E-state index contributed by atoms with van der Waals surface area (Å²) in [4.78, 5) is 2.19. The third-order valence-electron chi connectivity index (χ3n) is 6.40. The molecule has 1 aliphatic rings. The molecule has 0 N–H and O–H groups in total. The van der Waals surface area contributed by atoms with Crippen LogP contribution in [0.25, 0.3) is 0 Å². The van der Waals surface area contributed by atoms with E-state index in [1.165, 1.54) is 17.7 Å². The van der Waals surface area contributed by atoms with E-state index >= 15 is 0 Å². The van der Waals surface area contributed by atoms with Crippen molar-refractivity contribution in [3.05, 3.63) is 71.3 Å². The molecule has 7 heteroatoms. The first-order chi connectivity index (χ1) is 15.1. The molecule has 0 amide bonds. The number of alkyl halides is 6. The molecular weight excluding hydrogens is 428 g/mol.